The van der Waals surface area contributed by atoms with Gasteiger partial charge in [0.25, 0.3) is 5.91 Å². The number of hydrogen-bond donors (Lipinski definition) is 2. The number of amides is 1. The van der Waals surface area contributed by atoms with Crippen LogP contribution in [0, 0.1) is 0 Å². The normalized spacial score (nSPS) is 15.1. The topological polar surface area (TPSA) is 97.6 Å². The third kappa shape index (κ3) is 3.72. The molecule has 4 aromatic rings. The van der Waals surface area contributed by atoms with Crippen LogP contribution in [0.2, 0.25) is 5.02 Å². The Balaban J connectivity index is 1.59. The third-order valence-corrected chi connectivity index (χ3v) is 5.34. The standard InChI is InChI=1S/C23H18ClN7O/c1-14-19(22(32)28-17-5-4-11-25-13-17)20(18-6-2-3-12-26-18)31-23(27-14)29-21(30-31)15-7-9-16(24)10-8-15/h2-13,20H,1H3,(H,28,32)(H,27,29,30). The summed E-state index contributed by atoms with van der Waals surface area (Å²) in [5.74, 6) is 0.778. The third-order valence-electron chi connectivity index (χ3n) is 5.09. The number of carbonyl (C=O) groups is 1. The first-order chi connectivity index (χ1) is 15.6. The summed E-state index contributed by atoms with van der Waals surface area (Å²) in [7, 11) is 0. The molecule has 0 aliphatic carbocycles. The summed E-state index contributed by atoms with van der Waals surface area (Å²) in [5, 5.41) is 11.5. The molecule has 1 aliphatic rings. The van der Waals surface area contributed by atoms with Gasteiger partial charge in [0.1, 0.15) is 6.04 Å². The molecule has 2 N–H and O–H groups in total. The Bertz CT molecular complexity index is 1300. The van der Waals surface area contributed by atoms with E-state index < -0.39 is 6.04 Å². The molecular formula is C23H18ClN7O. The monoisotopic (exact) mass is 443 g/mol. The molecule has 8 nitrogen and oxygen atoms in total. The molecule has 0 saturated heterocycles. The maximum absolute atomic E-state index is 13.3. The highest BCUT2D eigenvalue weighted by atomic mass is 35.5. The van der Waals surface area contributed by atoms with Gasteiger partial charge in [-0.2, -0.15) is 4.98 Å². The maximum Gasteiger partial charge on any atom is 0.255 e. The number of nitrogens with zero attached hydrogens (tertiary/aromatic N) is 5. The minimum atomic E-state index is -0.558. The van der Waals surface area contributed by atoms with E-state index in [0.717, 1.165) is 5.56 Å². The Morgan fingerprint density at radius 3 is 2.66 bits per heavy atom. The minimum Gasteiger partial charge on any atom is -0.328 e. The zero-order chi connectivity index (χ0) is 22.1. The number of rotatable bonds is 4. The van der Waals surface area contributed by atoms with Gasteiger partial charge in [0, 0.05) is 28.7 Å². The average Bonchev–Trinajstić information content (AvgIpc) is 3.23. The summed E-state index contributed by atoms with van der Waals surface area (Å²) in [5.41, 5.74) is 3.26. The largest absolute Gasteiger partial charge is 0.328 e. The molecule has 0 spiro atoms. The van der Waals surface area contributed by atoms with Crippen LogP contribution in [0.3, 0.4) is 0 Å². The van der Waals surface area contributed by atoms with E-state index in [-0.39, 0.29) is 5.91 Å². The molecule has 1 atom stereocenters. The fourth-order valence-corrected chi connectivity index (χ4v) is 3.74. The highest BCUT2D eigenvalue weighted by molar-refractivity contribution is 6.30. The van der Waals surface area contributed by atoms with Crippen LogP contribution in [0.15, 0.2) is 84.5 Å². The van der Waals surface area contributed by atoms with E-state index in [2.05, 4.69) is 25.6 Å². The van der Waals surface area contributed by atoms with Crippen LogP contribution < -0.4 is 10.6 Å². The van der Waals surface area contributed by atoms with Crippen molar-refractivity contribution in [1.29, 1.82) is 0 Å². The fraction of sp³-hybridized carbons (Fsp3) is 0.0870. The summed E-state index contributed by atoms with van der Waals surface area (Å²) in [4.78, 5) is 26.6. The molecule has 5 rings (SSSR count). The molecule has 9 heteroatoms. The molecule has 0 radical (unpaired) electrons. The van der Waals surface area contributed by atoms with Gasteiger partial charge in [0.2, 0.25) is 5.95 Å². The number of allylic oxidation sites excluding steroid dienone is 1. The quantitative estimate of drug-likeness (QED) is 0.487. The number of benzene rings is 1. The number of hydrogen-bond acceptors (Lipinski definition) is 6. The van der Waals surface area contributed by atoms with Gasteiger partial charge in [0.05, 0.1) is 23.2 Å². The van der Waals surface area contributed by atoms with Gasteiger partial charge in [-0.25, -0.2) is 4.68 Å². The molecule has 32 heavy (non-hydrogen) atoms. The predicted octanol–water partition coefficient (Wildman–Crippen LogP) is 4.32. The number of halogens is 1. The van der Waals surface area contributed by atoms with Crippen molar-refractivity contribution in [2.24, 2.45) is 0 Å². The molecule has 0 fully saturated rings. The van der Waals surface area contributed by atoms with Crippen molar-refractivity contribution in [1.82, 2.24) is 24.7 Å². The van der Waals surface area contributed by atoms with Crippen LogP contribution in [0.4, 0.5) is 11.6 Å². The maximum atomic E-state index is 13.3. The lowest BCUT2D eigenvalue weighted by molar-refractivity contribution is -0.113. The van der Waals surface area contributed by atoms with E-state index in [1.165, 1.54) is 0 Å². The lowest BCUT2D eigenvalue weighted by Crippen LogP contribution is -2.32. The molecule has 1 aliphatic heterocycles. The molecule has 1 amide bonds. The Kier molecular flexibility index (Phi) is 5.12. The van der Waals surface area contributed by atoms with Crippen molar-refractivity contribution in [2.75, 3.05) is 10.6 Å². The lowest BCUT2D eigenvalue weighted by atomic mass is 9.98. The van der Waals surface area contributed by atoms with Crippen LogP contribution in [0.1, 0.15) is 18.7 Å². The van der Waals surface area contributed by atoms with Gasteiger partial charge in [-0.15, -0.1) is 5.10 Å². The Morgan fingerprint density at radius 1 is 1.09 bits per heavy atom. The second-order valence-corrected chi connectivity index (χ2v) is 7.66. The highest BCUT2D eigenvalue weighted by Crippen LogP contribution is 2.36. The summed E-state index contributed by atoms with van der Waals surface area (Å²) >= 11 is 6.02. The van der Waals surface area contributed by atoms with Crippen molar-refractivity contribution in [3.05, 3.63) is 95.2 Å². The second kappa shape index (κ2) is 8.24. The van der Waals surface area contributed by atoms with Gasteiger partial charge in [-0.05, 0) is 55.5 Å². The van der Waals surface area contributed by atoms with Crippen LogP contribution in [0.5, 0.6) is 0 Å². The lowest BCUT2D eigenvalue weighted by Gasteiger charge is -2.27. The van der Waals surface area contributed by atoms with Gasteiger partial charge < -0.3 is 10.6 Å². The summed E-state index contributed by atoms with van der Waals surface area (Å²) < 4.78 is 1.69. The number of nitrogens with one attached hydrogen (secondary N) is 2. The van der Waals surface area contributed by atoms with Crippen LogP contribution in [0.25, 0.3) is 11.4 Å². The predicted molar refractivity (Wildman–Crippen MR) is 122 cm³/mol. The minimum absolute atomic E-state index is 0.271. The zero-order valence-electron chi connectivity index (χ0n) is 17.0. The molecule has 0 saturated carbocycles. The molecule has 1 aromatic carbocycles. The van der Waals surface area contributed by atoms with E-state index in [1.807, 2.05) is 37.3 Å². The number of anilines is 2. The molecular weight excluding hydrogens is 426 g/mol. The first-order valence-corrected chi connectivity index (χ1v) is 10.3. The smallest absolute Gasteiger partial charge is 0.255 e. The van der Waals surface area contributed by atoms with E-state index in [4.69, 9.17) is 16.7 Å². The Hall–Kier alpha value is -4.04. The van der Waals surface area contributed by atoms with Crippen molar-refractivity contribution in [3.63, 3.8) is 0 Å². The van der Waals surface area contributed by atoms with Crippen LogP contribution in [-0.4, -0.2) is 30.6 Å². The average molecular weight is 444 g/mol. The van der Waals surface area contributed by atoms with Gasteiger partial charge in [-0.3, -0.25) is 14.8 Å². The second-order valence-electron chi connectivity index (χ2n) is 7.23. The zero-order valence-corrected chi connectivity index (χ0v) is 17.8. The van der Waals surface area contributed by atoms with Gasteiger partial charge in [0.15, 0.2) is 5.82 Å². The Labute approximate surface area is 189 Å². The van der Waals surface area contributed by atoms with E-state index >= 15 is 0 Å². The first kappa shape index (κ1) is 19.9. The summed E-state index contributed by atoms with van der Waals surface area (Å²) in [6, 6.07) is 15.9. The number of pyridine rings is 2. The van der Waals surface area contributed by atoms with Gasteiger partial charge in [-0.1, -0.05) is 17.7 Å². The van der Waals surface area contributed by atoms with E-state index in [0.29, 0.717) is 39.4 Å². The van der Waals surface area contributed by atoms with E-state index in [1.54, 1.807) is 47.5 Å². The fourth-order valence-electron chi connectivity index (χ4n) is 3.61. The number of aromatic nitrogens is 5. The highest BCUT2D eigenvalue weighted by Gasteiger charge is 2.35. The Morgan fingerprint density at radius 2 is 1.94 bits per heavy atom. The van der Waals surface area contributed by atoms with Gasteiger partial charge >= 0.3 is 0 Å². The van der Waals surface area contributed by atoms with Crippen molar-refractivity contribution >= 4 is 29.1 Å². The SMILES string of the molecule is CC1=C(C(=O)Nc2cccnc2)C(c2ccccn2)n2nc(-c3ccc(Cl)cc3)nc2N1. The molecule has 158 valence electrons. The summed E-state index contributed by atoms with van der Waals surface area (Å²) in [6.45, 7) is 1.84. The molecule has 1 unspecified atom stereocenters. The summed E-state index contributed by atoms with van der Waals surface area (Å²) in [6.07, 6.45) is 4.94. The van der Waals surface area contributed by atoms with Crippen molar-refractivity contribution in [2.45, 2.75) is 13.0 Å². The molecule has 4 heterocycles. The first-order valence-electron chi connectivity index (χ1n) is 9.93. The van der Waals surface area contributed by atoms with Crippen LogP contribution in [-0.2, 0) is 4.79 Å². The molecule has 3 aromatic heterocycles. The van der Waals surface area contributed by atoms with Crippen molar-refractivity contribution < 1.29 is 4.79 Å². The number of fused-ring (bicyclic) bond motifs is 1. The molecule has 0 bridgehead atoms. The van der Waals surface area contributed by atoms with Crippen molar-refractivity contribution in [3.8, 4) is 11.4 Å². The van der Waals surface area contributed by atoms with E-state index in [9.17, 15) is 4.79 Å². The van der Waals surface area contributed by atoms with Crippen LogP contribution >= 0.6 is 11.6 Å². The number of carbonyl (C=O) groups excluding carboxylic acids is 1.